The third-order valence-electron chi connectivity index (χ3n) is 5.37. The van der Waals surface area contributed by atoms with Crippen LogP contribution in [0.1, 0.15) is 36.0 Å². The van der Waals surface area contributed by atoms with Gasteiger partial charge in [-0.15, -0.1) is 0 Å². The number of carbonyl (C=O) groups excluding carboxylic acids is 2. The minimum atomic E-state index is -4.69. The Balaban J connectivity index is 1.59. The molecule has 172 valence electrons. The molecule has 34 heavy (non-hydrogen) atoms. The molecule has 0 unspecified atom stereocenters. The average Bonchev–Trinajstić information content (AvgIpc) is 3.42. The largest absolute Gasteiger partial charge is 0.418 e. The molecule has 1 aromatic carbocycles. The molecule has 3 N–H and O–H groups in total. The number of imide groups is 1. The van der Waals surface area contributed by atoms with Crippen LogP contribution in [0.5, 0.6) is 0 Å². The van der Waals surface area contributed by atoms with Crippen molar-refractivity contribution in [1.29, 1.82) is 5.26 Å². The molecule has 5 rings (SSSR count). The molecule has 0 atom stereocenters. The molecule has 0 spiro atoms. The Labute approximate surface area is 190 Å². The Morgan fingerprint density at radius 3 is 2.68 bits per heavy atom. The number of amides is 2. The van der Waals surface area contributed by atoms with Crippen LogP contribution in [-0.4, -0.2) is 32.5 Å². The highest BCUT2D eigenvalue weighted by Crippen LogP contribution is 2.37. The lowest BCUT2D eigenvalue weighted by Gasteiger charge is -2.16. The zero-order valence-corrected chi connectivity index (χ0v) is 17.4. The number of alkyl halides is 3. The van der Waals surface area contributed by atoms with Crippen LogP contribution in [0.2, 0.25) is 0 Å². The minimum absolute atomic E-state index is 0.0819. The number of rotatable bonds is 5. The van der Waals surface area contributed by atoms with Crippen LogP contribution >= 0.6 is 0 Å². The highest BCUT2D eigenvalue weighted by Gasteiger charge is 2.34. The fourth-order valence-electron chi connectivity index (χ4n) is 3.59. The summed E-state index contributed by atoms with van der Waals surface area (Å²) in [6.07, 6.45) is 0.0748. The van der Waals surface area contributed by atoms with Crippen LogP contribution in [0.25, 0.3) is 11.7 Å². The number of hydrogen-bond donors (Lipinski definition) is 3. The van der Waals surface area contributed by atoms with Crippen LogP contribution in [0.3, 0.4) is 0 Å². The topological polar surface area (TPSA) is 124 Å². The molecular formula is C22H16F3N7O2. The highest BCUT2D eigenvalue weighted by atomic mass is 19.4. The van der Waals surface area contributed by atoms with E-state index in [2.05, 4.69) is 26.0 Å². The van der Waals surface area contributed by atoms with Crippen molar-refractivity contribution in [2.24, 2.45) is 0 Å². The van der Waals surface area contributed by atoms with E-state index < -0.39 is 23.6 Å². The van der Waals surface area contributed by atoms with Crippen molar-refractivity contribution in [1.82, 2.24) is 19.9 Å². The number of aromatic nitrogens is 3. The van der Waals surface area contributed by atoms with Crippen molar-refractivity contribution in [2.75, 3.05) is 10.6 Å². The summed E-state index contributed by atoms with van der Waals surface area (Å²) in [5, 5.41) is 21.5. The number of fused-ring (bicyclic) bond motifs is 1. The van der Waals surface area contributed by atoms with Gasteiger partial charge < -0.3 is 10.6 Å². The van der Waals surface area contributed by atoms with Gasteiger partial charge >= 0.3 is 6.18 Å². The molecule has 1 saturated heterocycles. The van der Waals surface area contributed by atoms with Gasteiger partial charge in [0.25, 0.3) is 5.91 Å². The third kappa shape index (κ3) is 4.15. The van der Waals surface area contributed by atoms with Crippen LogP contribution in [-0.2, 0) is 15.8 Å². The molecule has 1 aliphatic heterocycles. The summed E-state index contributed by atoms with van der Waals surface area (Å²) >= 11 is 0. The van der Waals surface area contributed by atoms with E-state index in [-0.39, 0.29) is 40.8 Å². The Bertz CT molecular complexity index is 1410. The van der Waals surface area contributed by atoms with E-state index in [0.29, 0.717) is 11.4 Å². The number of anilines is 3. The van der Waals surface area contributed by atoms with Gasteiger partial charge in [-0.2, -0.15) is 28.0 Å². The van der Waals surface area contributed by atoms with Gasteiger partial charge in [-0.1, -0.05) is 0 Å². The number of halogens is 3. The number of hydrogen-bond acceptors (Lipinski definition) is 7. The minimum Gasteiger partial charge on any atom is -0.367 e. The summed E-state index contributed by atoms with van der Waals surface area (Å²) < 4.78 is 42.4. The number of benzene rings is 1. The maximum absolute atomic E-state index is 13.6. The predicted octanol–water partition coefficient (Wildman–Crippen LogP) is 3.37. The van der Waals surface area contributed by atoms with E-state index in [0.717, 1.165) is 18.9 Å². The summed E-state index contributed by atoms with van der Waals surface area (Å²) in [6, 6.07) is 6.69. The second-order valence-electron chi connectivity index (χ2n) is 8.00. The number of nitrogens with one attached hydrogen (secondary N) is 3. The van der Waals surface area contributed by atoms with Gasteiger partial charge in [0.1, 0.15) is 11.6 Å². The Kier molecular flexibility index (Phi) is 4.97. The lowest BCUT2D eigenvalue weighted by Crippen LogP contribution is -2.19. The van der Waals surface area contributed by atoms with Crippen molar-refractivity contribution in [3.63, 3.8) is 0 Å². The monoisotopic (exact) mass is 467 g/mol. The lowest BCUT2D eigenvalue weighted by atomic mass is 10.1. The molecule has 2 fully saturated rings. The second kappa shape index (κ2) is 7.87. The van der Waals surface area contributed by atoms with Crippen LogP contribution in [0.4, 0.5) is 30.5 Å². The number of nitriles is 1. The first kappa shape index (κ1) is 21.4. The molecule has 12 heteroatoms. The van der Waals surface area contributed by atoms with E-state index >= 15 is 0 Å². The molecule has 1 saturated carbocycles. The summed E-state index contributed by atoms with van der Waals surface area (Å²) in [5.74, 6) is -0.311. The van der Waals surface area contributed by atoms with Crippen LogP contribution < -0.4 is 16.0 Å². The molecular weight excluding hydrogens is 451 g/mol. The van der Waals surface area contributed by atoms with Gasteiger partial charge in [0, 0.05) is 23.2 Å². The highest BCUT2D eigenvalue weighted by molar-refractivity contribution is 6.15. The van der Waals surface area contributed by atoms with E-state index in [9.17, 15) is 22.8 Å². The zero-order chi connectivity index (χ0) is 24.0. The zero-order valence-electron chi connectivity index (χ0n) is 17.4. The van der Waals surface area contributed by atoms with Gasteiger partial charge in [0.05, 0.1) is 35.5 Å². The van der Waals surface area contributed by atoms with Crippen molar-refractivity contribution in [3.05, 3.63) is 52.7 Å². The maximum Gasteiger partial charge on any atom is 0.418 e. The summed E-state index contributed by atoms with van der Waals surface area (Å²) in [6.45, 7) is 0. The molecule has 0 radical (unpaired) electrons. The smallest absolute Gasteiger partial charge is 0.367 e. The van der Waals surface area contributed by atoms with Crippen LogP contribution in [0, 0.1) is 11.3 Å². The summed E-state index contributed by atoms with van der Waals surface area (Å²) in [7, 11) is 0. The van der Waals surface area contributed by atoms with Gasteiger partial charge in [0.2, 0.25) is 5.91 Å². The predicted molar refractivity (Wildman–Crippen MR) is 115 cm³/mol. The first-order chi connectivity index (χ1) is 16.2. The maximum atomic E-state index is 13.6. The van der Waals surface area contributed by atoms with Gasteiger partial charge in [0.15, 0.2) is 5.65 Å². The molecule has 1 aliphatic carbocycles. The molecule has 2 aromatic heterocycles. The quantitative estimate of drug-likeness (QED) is 0.388. The average molecular weight is 467 g/mol. The van der Waals surface area contributed by atoms with Crippen molar-refractivity contribution >= 4 is 40.9 Å². The molecule has 9 nitrogen and oxygen atoms in total. The first-order valence-electron chi connectivity index (χ1n) is 10.3. The Hall–Kier alpha value is -4.40. The van der Waals surface area contributed by atoms with Crippen molar-refractivity contribution in [2.45, 2.75) is 31.5 Å². The lowest BCUT2D eigenvalue weighted by molar-refractivity contribution is -0.137. The second-order valence-corrected chi connectivity index (χ2v) is 8.00. The molecule has 0 bridgehead atoms. The Morgan fingerprint density at radius 2 is 2.03 bits per heavy atom. The fraction of sp³-hybridized carbons (Fsp3) is 0.227. The van der Waals surface area contributed by atoms with Crippen LogP contribution in [0.15, 0.2) is 36.0 Å². The first-order valence-corrected chi connectivity index (χ1v) is 10.3. The van der Waals surface area contributed by atoms with Crippen molar-refractivity contribution < 1.29 is 22.8 Å². The van der Waals surface area contributed by atoms with Gasteiger partial charge in [-0.25, -0.2) is 4.98 Å². The molecule has 3 aromatic rings. The molecule has 2 amide bonds. The Morgan fingerprint density at radius 1 is 1.24 bits per heavy atom. The van der Waals surface area contributed by atoms with E-state index in [1.165, 1.54) is 28.9 Å². The number of carbonyl (C=O) groups is 2. The normalized spacial score (nSPS) is 17.2. The summed E-state index contributed by atoms with van der Waals surface area (Å²) in [5.41, 5.74) is -0.425. The van der Waals surface area contributed by atoms with Gasteiger partial charge in [-0.05, 0) is 37.1 Å². The van der Waals surface area contributed by atoms with Crippen molar-refractivity contribution in [3.8, 4) is 6.07 Å². The van der Waals surface area contributed by atoms with E-state index in [1.807, 2.05) is 0 Å². The summed E-state index contributed by atoms with van der Waals surface area (Å²) in [4.78, 5) is 27.9. The van der Waals surface area contributed by atoms with E-state index in [4.69, 9.17) is 5.26 Å². The fourth-order valence-corrected chi connectivity index (χ4v) is 3.59. The van der Waals surface area contributed by atoms with Gasteiger partial charge in [-0.3, -0.25) is 14.9 Å². The molecule has 2 aliphatic rings. The standard InChI is InChI=1S/C22H16F3N7O2/c23-22(24,25)15-5-11(9-26)1-4-16(15)29-17-8-18(28-14-2-3-14)32-20(30-17)13(10-27-32)6-12-7-19(33)31-21(12)34/h1,4-6,8,10,14,28H,2-3,7H2,(H,29,30)(H,31,33,34)/b12-6+. The third-order valence-corrected chi connectivity index (χ3v) is 5.37. The molecule has 3 heterocycles. The SMILES string of the molecule is N#Cc1ccc(Nc2cc(NC3CC3)n3ncc(/C=C4\CC(=O)NC4=O)c3n2)c(C(F)(F)F)c1. The van der Waals surface area contributed by atoms with E-state index in [1.54, 1.807) is 12.1 Å². The number of nitrogens with zero attached hydrogens (tertiary/aromatic N) is 4.